The van der Waals surface area contributed by atoms with E-state index in [4.69, 9.17) is 23.2 Å². The molecule has 0 amide bonds. The molecule has 100 valence electrons. The Balaban J connectivity index is 2.31. The van der Waals surface area contributed by atoms with Gasteiger partial charge in [0.2, 0.25) is 0 Å². The van der Waals surface area contributed by atoms with E-state index in [0.717, 1.165) is 0 Å². The Labute approximate surface area is 115 Å². The van der Waals surface area contributed by atoms with Gasteiger partial charge in [-0.15, -0.1) is 0 Å². The zero-order valence-corrected chi connectivity index (χ0v) is 11.2. The average molecular weight is 295 g/mol. The summed E-state index contributed by atoms with van der Waals surface area (Å²) in [6.45, 7) is 2.58. The molecule has 1 fully saturated rings. The largest absolute Gasteiger partial charge is 0.314 e. The number of benzene rings is 1. The molecule has 1 aliphatic heterocycles. The molecule has 0 unspecified atom stereocenters. The van der Waals surface area contributed by atoms with Crippen molar-refractivity contribution in [1.29, 1.82) is 0 Å². The molecule has 2 nitrogen and oxygen atoms in total. The number of rotatable bonds is 3. The second kappa shape index (κ2) is 6.15. The summed E-state index contributed by atoms with van der Waals surface area (Å²) in [5.41, 5.74) is 0.404. The van der Waals surface area contributed by atoms with E-state index in [2.05, 4.69) is 5.32 Å². The Bertz CT molecular complexity index is 409. The van der Waals surface area contributed by atoms with Gasteiger partial charge in [-0.3, -0.25) is 4.90 Å². The van der Waals surface area contributed by atoms with Crippen LogP contribution in [0.5, 0.6) is 0 Å². The van der Waals surface area contributed by atoms with Crippen molar-refractivity contribution in [2.45, 2.75) is 12.5 Å². The van der Waals surface area contributed by atoms with E-state index < -0.39 is 12.5 Å². The molecule has 0 aliphatic carbocycles. The number of alkyl halides is 2. The summed E-state index contributed by atoms with van der Waals surface area (Å²) >= 11 is 11.9. The number of hydrogen-bond donors (Lipinski definition) is 1. The quantitative estimate of drug-likeness (QED) is 0.921. The van der Waals surface area contributed by atoms with E-state index in [9.17, 15) is 8.78 Å². The van der Waals surface area contributed by atoms with Crippen molar-refractivity contribution < 1.29 is 8.78 Å². The Morgan fingerprint density at radius 3 is 2.44 bits per heavy atom. The van der Waals surface area contributed by atoms with Crippen LogP contribution in [0.2, 0.25) is 10.0 Å². The van der Waals surface area contributed by atoms with Gasteiger partial charge in [-0.25, -0.2) is 8.78 Å². The second-order valence-electron chi connectivity index (χ2n) is 4.21. The minimum Gasteiger partial charge on any atom is -0.314 e. The maximum atomic E-state index is 13.3. The molecular formula is C12H14Cl2F2N2. The maximum Gasteiger partial charge on any atom is 0.258 e. The number of nitrogens with zero attached hydrogens (tertiary/aromatic N) is 1. The number of halogens is 4. The highest BCUT2D eigenvalue weighted by molar-refractivity contribution is 6.42. The molecule has 1 atom stereocenters. The summed E-state index contributed by atoms with van der Waals surface area (Å²) < 4.78 is 26.6. The maximum absolute atomic E-state index is 13.3. The Kier molecular flexibility index (Phi) is 4.78. The summed E-state index contributed by atoms with van der Waals surface area (Å²) in [6, 6.07) is 3.89. The summed E-state index contributed by atoms with van der Waals surface area (Å²) in [5.74, 6) is 0. The van der Waals surface area contributed by atoms with Crippen LogP contribution in [-0.4, -0.2) is 37.5 Å². The van der Waals surface area contributed by atoms with Gasteiger partial charge >= 0.3 is 0 Å². The lowest BCUT2D eigenvalue weighted by Gasteiger charge is -2.35. The lowest BCUT2D eigenvalue weighted by atomic mass is 10.0. The topological polar surface area (TPSA) is 15.3 Å². The van der Waals surface area contributed by atoms with Gasteiger partial charge in [0.05, 0.1) is 16.1 Å². The lowest BCUT2D eigenvalue weighted by Crippen LogP contribution is -2.47. The zero-order chi connectivity index (χ0) is 13.1. The van der Waals surface area contributed by atoms with Crippen molar-refractivity contribution in [3.8, 4) is 0 Å². The molecule has 1 aromatic rings. The molecule has 18 heavy (non-hydrogen) atoms. The molecule has 0 radical (unpaired) electrons. The zero-order valence-electron chi connectivity index (χ0n) is 9.67. The van der Waals surface area contributed by atoms with Crippen LogP contribution in [0.15, 0.2) is 18.2 Å². The predicted octanol–water partition coefficient (Wildman–Crippen LogP) is 3.20. The van der Waals surface area contributed by atoms with Crippen LogP contribution in [0, 0.1) is 0 Å². The monoisotopic (exact) mass is 294 g/mol. The van der Waals surface area contributed by atoms with Crippen molar-refractivity contribution in [2.24, 2.45) is 0 Å². The fraction of sp³-hybridized carbons (Fsp3) is 0.500. The minimum atomic E-state index is -2.49. The van der Waals surface area contributed by atoms with Gasteiger partial charge in [0.15, 0.2) is 0 Å². The highest BCUT2D eigenvalue weighted by atomic mass is 35.5. The SMILES string of the molecule is FC(F)[C@H](c1cccc(Cl)c1Cl)N1CCNCC1. The van der Waals surface area contributed by atoms with Gasteiger partial charge < -0.3 is 5.32 Å². The lowest BCUT2D eigenvalue weighted by molar-refractivity contribution is 0.0182. The third-order valence-corrected chi connectivity index (χ3v) is 3.92. The van der Waals surface area contributed by atoms with Gasteiger partial charge in [0.1, 0.15) is 0 Å². The second-order valence-corrected chi connectivity index (χ2v) is 4.99. The van der Waals surface area contributed by atoms with Gasteiger partial charge in [0.25, 0.3) is 6.43 Å². The van der Waals surface area contributed by atoms with E-state index in [1.165, 1.54) is 0 Å². The van der Waals surface area contributed by atoms with Crippen molar-refractivity contribution in [2.75, 3.05) is 26.2 Å². The van der Waals surface area contributed by atoms with E-state index in [1.54, 1.807) is 23.1 Å². The Hall–Kier alpha value is -0.420. The highest BCUT2D eigenvalue weighted by Crippen LogP contribution is 2.36. The summed E-state index contributed by atoms with van der Waals surface area (Å²) in [7, 11) is 0. The van der Waals surface area contributed by atoms with Crippen molar-refractivity contribution >= 4 is 23.2 Å². The number of hydrogen-bond acceptors (Lipinski definition) is 2. The molecule has 6 heteroatoms. The molecule has 2 rings (SSSR count). The van der Waals surface area contributed by atoms with E-state index in [1.807, 2.05) is 0 Å². The summed E-state index contributed by atoms with van der Waals surface area (Å²) in [6.07, 6.45) is -2.49. The molecule has 1 heterocycles. The molecule has 1 N–H and O–H groups in total. The van der Waals surface area contributed by atoms with Crippen LogP contribution in [0.3, 0.4) is 0 Å². The first-order valence-electron chi connectivity index (χ1n) is 5.78. The van der Waals surface area contributed by atoms with Crippen LogP contribution >= 0.6 is 23.2 Å². The fourth-order valence-corrected chi connectivity index (χ4v) is 2.62. The molecule has 0 spiro atoms. The van der Waals surface area contributed by atoms with Crippen molar-refractivity contribution in [3.05, 3.63) is 33.8 Å². The molecule has 1 aliphatic rings. The third kappa shape index (κ3) is 2.94. The van der Waals surface area contributed by atoms with Gasteiger partial charge in [0, 0.05) is 26.2 Å². The van der Waals surface area contributed by atoms with E-state index in [-0.39, 0.29) is 5.02 Å². The standard InChI is InChI=1S/C12H14Cl2F2N2/c13-9-3-1-2-8(10(9)14)11(12(15)16)18-6-4-17-5-7-18/h1-3,11-12,17H,4-7H2/t11-/m0/s1. The molecular weight excluding hydrogens is 281 g/mol. The predicted molar refractivity (Wildman–Crippen MR) is 69.6 cm³/mol. The van der Waals surface area contributed by atoms with Crippen LogP contribution in [0.25, 0.3) is 0 Å². The molecule has 1 aromatic carbocycles. The highest BCUT2D eigenvalue weighted by Gasteiger charge is 2.31. The first-order chi connectivity index (χ1) is 8.61. The number of nitrogens with one attached hydrogen (secondary N) is 1. The van der Waals surface area contributed by atoms with Crippen LogP contribution in [-0.2, 0) is 0 Å². The molecule has 0 saturated carbocycles. The third-order valence-electron chi connectivity index (χ3n) is 3.08. The van der Waals surface area contributed by atoms with Crippen LogP contribution in [0.1, 0.15) is 11.6 Å². The Morgan fingerprint density at radius 1 is 1.17 bits per heavy atom. The molecule has 1 saturated heterocycles. The van der Waals surface area contributed by atoms with Gasteiger partial charge in [-0.2, -0.15) is 0 Å². The number of piperazine rings is 1. The average Bonchev–Trinajstić information content (AvgIpc) is 2.36. The fourth-order valence-electron chi connectivity index (χ4n) is 2.20. The smallest absolute Gasteiger partial charge is 0.258 e. The van der Waals surface area contributed by atoms with Crippen LogP contribution < -0.4 is 5.32 Å². The van der Waals surface area contributed by atoms with Gasteiger partial charge in [-0.1, -0.05) is 35.3 Å². The normalized spacial score (nSPS) is 19.2. The summed E-state index contributed by atoms with van der Waals surface area (Å²) in [5, 5.41) is 3.68. The van der Waals surface area contributed by atoms with E-state index in [0.29, 0.717) is 36.8 Å². The minimum absolute atomic E-state index is 0.225. The Morgan fingerprint density at radius 2 is 1.83 bits per heavy atom. The summed E-state index contributed by atoms with van der Waals surface area (Å²) in [4.78, 5) is 1.75. The molecule has 0 bridgehead atoms. The van der Waals surface area contributed by atoms with E-state index >= 15 is 0 Å². The van der Waals surface area contributed by atoms with Crippen molar-refractivity contribution in [3.63, 3.8) is 0 Å². The first kappa shape index (κ1) is 14.0. The van der Waals surface area contributed by atoms with Gasteiger partial charge in [-0.05, 0) is 11.6 Å². The molecule has 0 aromatic heterocycles. The van der Waals surface area contributed by atoms with Crippen molar-refractivity contribution in [1.82, 2.24) is 10.2 Å². The van der Waals surface area contributed by atoms with Crippen LogP contribution in [0.4, 0.5) is 8.78 Å². The first-order valence-corrected chi connectivity index (χ1v) is 6.53.